The van der Waals surface area contributed by atoms with Gasteiger partial charge in [-0.2, -0.15) is 0 Å². The number of aromatic nitrogens is 3. The Morgan fingerprint density at radius 1 is 1.03 bits per heavy atom. The molecule has 1 amide bonds. The molecule has 7 heteroatoms. The van der Waals surface area contributed by atoms with E-state index in [1.165, 1.54) is 25.0 Å². The second-order valence-electron chi connectivity index (χ2n) is 7.73. The van der Waals surface area contributed by atoms with Gasteiger partial charge in [0.05, 0.1) is 11.9 Å². The standard InChI is InChI=1S/C24H22FN5O/c25-19-3-5-21-18(13-19)14-22(30(21)16-17-7-9-26-10-8-17)24(31)28-20-4-6-23(27-15-20)29-11-1-2-12-29/h3-10,13-15H,1-2,11-12,16H2,(H,28,31). The first-order valence-electron chi connectivity index (χ1n) is 10.4. The Balaban J connectivity index is 1.44. The molecule has 4 aromatic rings. The van der Waals surface area contributed by atoms with Gasteiger partial charge in [0, 0.05) is 42.9 Å². The summed E-state index contributed by atoms with van der Waals surface area (Å²) in [6.07, 6.45) is 7.48. The minimum atomic E-state index is -0.331. The first-order valence-corrected chi connectivity index (χ1v) is 10.4. The Labute approximate surface area is 179 Å². The van der Waals surface area contributed by atoms with Crippen molar-refractivity contribution in [3.63, 3.8) is 0 Å². The molecule has 1 aliphatic rings. The highest BCUT2D eigenvalue weighted by Crippen LogP contribution is 2.24. The number of carbonyl (C=O) groups is 1. The minimum absolute atomic E-state index is 0.263. The van der Waals surface area contributed by atoms with Gasteiger partial charge in [0.1, 0.15) is 17.3 Å². The van der Waals surface area contributed by atoms with Gasteiger partial charge < -0.3 is 14.8 Å². The molecule has 1 N–H and O–H groups in total. The van der Waals surface area contributed by atoms with Crippen LogP contribution in [0.2, 0.25) is 0 Å². The largest absolute Gasteiger partial charge is 0.357 e. The first-order chi connectivity index (χ1) is 15.2. The number of carbonyl (C=O) groups excluding carboxylic acids is 1. The van der Waals surface area contributed by atoms with E-state index in [1.807, 2.05) is 28.8 Å². The zero-order valence-electron chi connectivity index (χ0n) is 17.0. The second-order valence-corrected chi connectivity index (χ2v) is 7.73. The maximum atomic E-state index is 13.8. The van der Waals surface area contributed by atoms with Crippen molar-refractivity contribution < 1.29 is 9.18 Å². The van der Waals surface area contributed by atoms with Gasteiger partial charge in [0.25, 0.3) is 5.91 Å². The summed E-state index contributed by atoms with van der Waals surface area (Å²) in [6, 6.07) is 13.9. The summed E-state index contributed by atoms with van der Waals surface area (Å²) in [7, 11) is 0. The van der Waals surface area contributed by atoms with E-state index in [9.17, 15) is 9.18 Å². The van der Waals surface area contributed by atoms with Crippen LogP contribution in [0.3, 0.4) is 0 Å². The Morgan fingerprint density at radius 2 is 1.84 bits per heavy atom. The van der Waals surface area contributed by atoms with Gasteiger partial charge in [-0.05, 0) is 66.9 Å². The molecule has 3 aromatic heterocycles. The number of anilines is 2. The highest BCUT2D eigenvalue weighted by atomic mass is 19.1. The van der Waals surface area contributed by atoms with Crippen molar-refractivity contribution in [1.29, 1.82) is 0 Å². The molecule has 0 aliphatic carbocycles. The summed E-state index contributed by atoms with van der Waals surface area (Å²) in [5.41, 5.74) is 2.88. The van der Waals surface area contributed by atoms with Crippen LogP contribution in [0, 0.1) is 5.82 Å². The summed E-state index contributed by atoms with van der Waals surface area (Å²) >= 11 is 0. The van der Waals surface area contributed by atoms with E-state index in [0.29, 0.717) is 23.3 Å². The molecule has 0 spiro atoms. The van der Waals surface area contributed by atoms with Crippen LogP contribution in [0.25, 0.3) is 10.9 Å². The average Bonchev–Trinajstić information content (AvgIpc) is 3.44. The number of pyridine rings is 2. The number of fused-ring (bicyclic) bond motifs is 1. The van der Waals surface area contributed by atoms with E-state index in [-0.39, 0.29) is 11.7 Å². The molecule has 1 fully saturated rings. The molecule has 1 aliphatic heterocycles. The van der Waals surface area contributed by atoms with Crippen molar-refractivity contribution in [3.05, 3.63) is 84.2 Å². The summed E-state index contributed by atoms with van der Waals surface area (Å²) < 4.78 is 15.7. The molecule has 5 rings (SSSR count). The summed E-state index contributed by atoms with van der Waals surface area (Å²) in [5, 5.41) is 3.61. The SMILES string of the molecule is O=C(Nc1ccc(N2CCCC2)nc1)c1cc2cc(F)ccc2n1Cc1ccncc1. The van der Waals surface area contributed by atoms with Crippen LogP contribution >= 0.6 is 0 Å². The summed E-state index contributed by atoms with van der Waals surface area (Å²) in [6.45, 7) is 2.52. The van der Waals surface area contributed by atoms with Crippen molar-refractivity contribution in [3.8, 4) is 0 Å². The molecule has 0 bridgehead atoms. The Bertz CT molecular complexity index is 1210. The number of amides is 1. The van der Waals surface area contributed by atoms with Gasteiger partial charge in [-0.3, -0.25) is 9.78 Å². The van der Waals surface area contributed by atoms with Crippen LogP contribution in [0.1, 0.15) is 28.9 Å². The fraction of sp³-hybridized carbons (Fsp3) is 0.208. The predicted molar refractivity (Wildman–Crippen MR) is 119 cm³/mol. The van der Waals surface area contributed by atoms with Crippen molar-refractivity contribution >= 4 is 28.3 Å². The third kappa shape index (κ3) is 3.99. The summed E-state index contributed by atoms with van der Waals surface area (Å²) in [4.78, 5) is 23.9. The average molecular weight is 415 g/mol. The number of rotatable bonds is 5. The zero-order valence-corrected chi connectivity index (χ0v) is 17.0. The number of nitrogens with one attached hydrogen (secondary N) is 1. The van der Waals surface area contributed by atoms with E-state index < -0.39 is 0 Å². The Morgan fingerprint density at radius 3 is 2.58 bits per heavy atom. The van der Waals surface area contributed by atoms with Crippen molar-refractivity contribution in [2.24, 2.45) is 0 Å². The monoisotopic (exact) mass is 415 g/mol. The van der Waals surface area contributed by atoms with Gasteiger partial charge >= 0.3 is 0 Å². The fourth-order valence-corrected chi connectivity index (χ4v) is 4.06. The number of hydrogen-bond donors (Lipinski definition) is 1. The first kappa shape index (κ1) is 19.2. The van der Waals surface area contributed by atoms with Crippen LogP contribution in [-0.4, -0.2) is 33.5 Å². The Hall–Kier alpha value is -3.74. The molecule has 0 unspecified atom stereocenters. The van der Waals surface area contributed by atoms with Crippen LogP contribution < -0.4 is 10.2 Å². The lowest BCUT2D eigenvalue weighted by Gasteiger charge is -2.16. The van der Waals surface area contributed by atoms with Gasteiger partial charge in [0.15, 0.2) is 0 Å². The topological polar surface area (TPSA) is 63.1 Å². The Kier molecular flexibility index (Phi) is 5.08. The van der Waals surface area contributed by atoms with Crippen LogP contribution in [0.4, 0.5) is 15.9 Å². The highest BCUT2D eigenvalue weighted by Gasteiger charge is 2.18. The maximum absolute atomic E-state index is 13.8. The molecule has 31 heavy (non-hydrogen) atoms. The lowest BCUT2D eigenvalue weighted by Crippen LogP contribution is -2.20. The maximum Gasteiger partial charge on any atom is 0.272 e. The number of benzene rings is 1. The van der Waals surface area contributed by atoms with Crippen LogP contribution in [-0.2, 0) is 6.54 Å². The third-order valence-electron chi connectivity index (χ3n) is 5.62. The lowest BCUT2D eigenvalue weighted by molar-refractivity contribution is 0.101. The van der Waals surface area contributed by atoms with E-state index >= 15 is 0 Å². The second kappa shape index (κ2) is 8.18. The number of halogens is 1. The fourth-order valence-electron chi connectivity index (χ4n) is 4.06. The van der Waals surface area contributed by atoms with E-state index in [0.717, 1.165) is 30.0 Å². The lowest BCUT2D eigenvalue weighted by atomic mass is 10.2. The molecular formula is C24H22FN5O. The molecule has 4 heterocycles. The smallest absolute Gasteiger partial charge is 0.272 e. The van der Waals surface area contributed by atoms with Crippen LogP contribution in [0.15, 0.2) is 67.1 Å². The molecule has 6 nitrogen and oxygen atoms in total. The molecule has 1 aromatic carbocycles. The van der Waals surface area contributed by atoms with Crippen molar-refractivity contribution in [1.82, 2.24) is 14.5 Å². The number of hydrogen-bond acceptors (Lipinski definition) is 4. The van der Waals surface area contributed by atoms with E-state index in [2.05, 4.69) is 20.2 Å². The molecule has 0 atom stereocenters. The van der Waals surface area contributed by atoms with Crippen molar-refractivity contribution in [2.45, 2.75) is 19.4 Å². The number of nitrogens with zero attached hydrogens (tertiary/aromatic N) is 4. The van der Waals surface area contributed by atoms with Gasteiger partial charge in [-0.1, -0.05) is 0 Å². The normalized spacial score (nSPS) is 13.6. The molecule has 1 saturated heterocycles. The van der Waals surface area contributed by atoms with Gasteiger partial charge in [-0.15, -0.1) is 0 Å². The summed E-state index contributed by atoms with van der Waals surface area (Å²) in [5.74, 6) is 0.335. The molecule has 156 valence electrons. The quantitative estimate of drug-likeness (QED) is 0.522. The third-order valence-corrected chi connectivity index (χ3v) is 5.62. The minimum Gasteiger partial charge on any atom is -0.357 e. The molecule has 0 saturated carbocycles. The van der Waals surface area contributed by atoms with Crippen molar-refractivity contribution in [2.75, 3.05) is 23.3 Å². The van der Waals surface area contributed by atoms with Gasteiger partial charge in [-0.25, -0.2) is 9.37 Å². The van der Waals surface area contributed by atoms with E-state index in [1.54, 1.807) is 30.7 Å². The van der Waals surface area contributed by atoms with Gasteiger partial charge in [0.2, 0.25) is 0 Å². The predicted octanol–water partition coefficient (Wildman–Crippen LogP) is 4.47. The zero-order chi connectivity index (χ0) is 21.2. The van der Waals surface area contributed by atoms with Crippen LogP contribution in [0.5, 0.6) is 0 Å². The van der Waals surface area contributed by atoms with E-state index in [4.69, 9.17) is 0 Å². The highest BCUT2D eigenvalue weighted by molar-refractivity contribution is 6.06. The molecular weight excluding hydrogens is 393 g/mol. The molecule has 0 radical (unpaired) electrons.